The molecule has 0 spiro atoms. The zero-order valence-electron chi connectivity index (χ0n) is 39.8. The first-order chi connectivity index (χ1) is 30.5. The van der Waals surface area contributed by atoms with Gasteiger partial charge in [-0.15, -0.1) is 0 Å². The van der Waals surface area contributed by atoms with Crippen molar-refractivity contribution >= 4 is 17.9 Å². The Hall–Kier alpha value is -3.93. The van der Waals surface area contributed by atoms with E-state index in [1.807, 2.05) is 54.7 Å². The van der Waals surface area contributed by atoms with Crippen LogP contribution in [0.4, 0.5) is 0 Å². The quantitative estimate of drug-likeness (QED) is 0.0200. The second kappa shape index (κ2) is 49.7. The minimum absolute atomic E-state index is 0.135. The molecule has 1 unspecified atom stereocenters. The topological polar surface area (TPSA) is 78.9 Å². The lowest BCUT2D eigenvalue weighted by Gasteiger charge is -2.18. The van der Waals surface area contributed by atoms with Crippen LogP contribution in [-0.2, 0) is 28.6 Å². The van der Waals surface area contributed by atoms with Gasteiger partial charge in [-0.05, 0) is 89.9 Å². The molecule has 0 aliphatic heterocycles. The number of allylic oxidation sites excluding steroid dienone is 18. The predicted molar refractivity (Wildman–Crippen MR) is 265 cm³/mol. The van der Waals surface area contributed by atoms with E-state index in [1.54, 1.807) is 0 Å². The third-order valence-electron chi connectivity index (χ3n) is 10.1. The van der Waals surface area contributed by atoms with E-state index >= 15 is 0 Å². The van der Waals surface area contributed by atoms with Crippen LogP contribution in [0.2, 0.25) is 0 Å². The number of rotatable bonds is 43. The van der Waals surface area contributed by atoms with E-state index < -0.39 is 6.10 Å². The van der Waals surface area contributed by atoms with Crippen molar-refractivity contribution in [2.45, 2.75) is 213 Å². The molecule has 0 aromatic heterocycles. The predicted octanol–water partition coefficient (Wildman–Crippen LogP) is 16.4. The Labute approximate surface area is 380 Å². The molecule has 0 aromatic rings. The standard InChI is InChI=1S/C56H90O6/c1-4-7-10-13-16-19-22-25-27-28-29-32-34-37-40-43-46-49-55(58)61-52-53(51-60-54(57)48-45-42-39-36-33-30-24-21-18-15-12-9-6-3)62-56(59)50-47-44-41-38-35-31-26-23-20-17-14-11-8-5-2/h9,12,15,18,21,24-25,27,29-33,35-37,39-40,53H,4-8,10-11,13-14,16-17,19-20,22-23,26,28,34,38,41-52H2,1-3H3/b12-9-,18-15-,24-21-,27-25-,32-29-,33-30-,35-31-,39-36-,40-37-. The molecule has 6 nitrogen and oxygen atoms in total. The minimum Gasteiger partial charge on any atom is -0.462 e. The Morgan fingerprint density at radius 1 is 0.355 bits per heavy atom. The number of carbonyl (C=O) groups excluding carboxylic acids is 3. The number of esters is 3. The fourth-order valence-corrected chi connectivity index (χ4v) is 6.36. The highest BCUT2D eigenvalue weighted by Crippen LogP contribution is 2.12. The molecule has 62 heavy (non-hydrogen) atoms. The Kier molecular flexibility index (Phi) is 46.6. The number of hydrogen-bond acceptors (Lipinski definition) is 6. The second-order valence-corrected chi connectivity index (χ2v) is 16.1. The molecular weight excluding hydrogens is 769 g/mol. The second-order valence-electron chi connectivity index (χ2n) is 16.1. The number of ether oxygens (including phenoxy) is 3. The summed E-state index contributed by atoms with van der Waals surface area (Å²) >= 11 is 0. The molecule has 0 aliphatic carbocycles. The van der Waals surface area contributed by atoms with E-state index in [1.165, 1.54) is 89.9 Å². The molecule has 0 saturated heterocycles. The van der Waals surface area contributed by atoms with E-state index in [9.17, 15) is 14.4 Å². The molecule has 0 amide bonds. The summed E-state index contributed by atoms with van der Waals surface area (Å²) in [6.07, 6.45) is 66.6. The van der Waals surface area contributed by atoms with E-state index in [0.717, 1.165) is 64.2 Å². The molecule has 0 heterocycles. The maximum Gasteiger partial charge on any atom is 0.306 e. The molecule has 350 valence electrons. The van der Waals surface area contributed by atoms with Crippen LogP contribution < -0.4 is 0 Å². The first kappa shape index (κ1) is 58.1. The van der Waals surface area contributed by atoms with Gasteiger partial charge in [0.15, 0.2) is 6.10 Å². The van der Waals surface area contributed by atoms with Crippen molar-refractivity contribution < 1.29 is 28.6 Å². The van der Waals surface area contributed by atoms with Gasteiger partial charge in [-0.3, -0.25) is 14.4 Å². The maximum atomic E-state index is 12.8. The van der Waals surface area contributed by atoms with Gasteiger partial charge in [0.05, 0.1) is 0 Å². The van der Waals surface area contributed by atoms with Crippen LogP contribution in [0, 0.1) is 0 Å². The van der Waals surface area contributed by atoms with E-state index in [-0.39, 0.29) is 50.4 Å². The van der Waals surface area contributed by atoms with Gasteiger partial charge in [-0.2, -0.15) is 0 Å². The molecule has 0 N–H and O–H groups in total. The van der Waals surface area contributed by atoms with Crippen molar-refractivity contribution in [2.75, 3.05) is 13.2 Å². The van der Waals surface area contributed by atoms with Crippen molar-refractivity contribution in [3.05, 3.63) is 109 Å². The SMILES string of the molecule is CC\C=C/C=C\C=C/C=C\C=C/CCCC(=O)OCC(COC(=O)CCC/C=C\C/C=C\C/C=C\CCCCCCCC)OC(=O)CCCCC/C=C\CCCCCCCCC. The molecule has 0 aliphatic rings. The molecule has 6 heteroatoms. The fourth-order valence-electron chi connectivity index (χ4n) is 6.36. The Balaban J connectivity index is 4.59. The summed E-state index contributed by atoms with van der Waals surface area (Å²) in [6.45, 7) is 6.34. The number of unbranched alkanes of at least 4 members (excludes halogenated alkanes) is 18. The zero-order valence-corrected chi connectivity index (χ0v) is 39.8. The van der Waals surface area contributed by atoms with Gasteiger partial charge < -0.3 is 14.2 Å². The highest BCUT2D eigenvalue weighted by Gasteiger charge is 2.19. The fraction of sp³-hybridized carbons (Fsp3) is 0.625. The van der Waals surface area contributed by atoms with Crippen LogP contribution in [0.3, 0.4) is 0 Å². The normalized spacial score (nSPS) is 13.0. The first-order valence-electron chi connectivity index (χ1n) is 25.0. The van der Waals surface area contributed by atoms with Crippen molar-refractivity contribution in [3.63, 3.8) is 0 Å². The molecule has 1 atom stereocenters. The van der Waals surface area contributed by atoms with Crippen molar-refractivity contribution in [1.29, 1.82) is 0 Å². The van der Waals surface area contributed by atoms with Gasteiger partial charge in [0.1, 0.15) is 13.2 Å². The molecule has 0 saturated carbocycles. The Morgan fingerprint density at radius 3 is 1.19 bits per heavy atom. The summed E-state index contributed by atoms with van der Waals surface area (Å²) in [5, 5.41) is 0. The van der Waals surface area contributed by atoms with Crippen LogP contribution >= 0.6 is 0 Å². The lowest BCUT2D eigenvalue weighted by atomic mass is 10.1. The molecule has 0 radical (unpaired) electrons. The third kappa shape index (κ3) is 47.1. The number of hydrogen-bond donors (Lipinski definition) is 0. The zero-order chi connectivity index (χ0) is 45.1. The van der Waals surface area contributed by atoms with E-state index in [0.29, 0.717) is 12.8 Å². The summed E-state index contributed by atoms with van der Waals surface area (Å²) < 4.78 is 16.6. The third-order valence-corrected chi connectivity index (χ3v) is 10.1. The van der Waals surface area contributed by atoms with Gasteiger partial charge >= 0.3 is 17.9 Å². The smallest absolute Gasteiger partial charge is 0.306 e. The Bertz CT molecular complexity index is 1310. The van der Waals surface area contributed by atoms with Crippen LogP contribution in [-0.4, -0.2) is 37.2 Å². The summed E-state index contributed by atoms with van der Waals surface area (Å²) in [5.74, 6) is -1.08. The van der Waals surface area contributed by atoms with Crippen LogP contribution in [0.5, 0.6) is 0 Å². The molecule has 0 bridgehead atoms. The van der Waals surface area contributed by atoms with Gasteiger partial charge in [0.2, 0.25) is 0 Å². The summed E-state index contributed by atoms with van der Waals surface area (Å²) in [7, 11) is 0. The molecule has 0 aromatic carbocycles. The lowest BCUT2D eigenvalue weighted by Crippen LogP contribution is -2.30. The van der Waals surface area contributed by atoms with Crippen molar-refractivity contribution in [1.82, 2.24) is 0 Å². The summed E-state index contributed by atoms with van der Waals surface area (Å²) in [6, 6.07) is 0. The van der Waals surface area contributed by atoms with Crippen molar-refractivity contribution in [2.24, 2.45) is 0 Å². The van der Waals surface area contributed by atoms with Crippen LogP contribution in [0.25, 0.3) is 0 Å². The van der Waals surface area contributed by atoms with Gasteiger partial charge in [-0.25, -0.2) is 0 Å². The summed E-state index contributed by atoms with van der Waals surface area (Å²) in [5.41, 5.74) is 0. The average Bonchev–Trinajstić information content (AvgIpc) is 3.27. The summed E-state index contributed by atoms with van der Waals surface area (Å²) in [4.78, 5) is 37.9. The minimum atomic E-state index is -0.836. The van der Waals surface area contributed by atoms with Crippen LogP contribution in [0.15, 0.2) is 109 Å². The highest BCUT2D eigenvalue weighted by molar-refractivity contribution is 5.71. The monoisotopic (exact) mass is 859 g/mol. The lowest BCUT2D eigenvalue weighted by molar-refractivity contribution is -0.167. The van der Waals surface area contributed by atoms with Gasteiger partial charge in [0, 0.05) is 19.3 Å². The first-order valence-corrected chi connectivity index (χ1v) is 25.0. The molecule has 0 fully saturated rings. The van der Waals surface area contributed by atoms with Gasteiger partial charge in [0.25, 0.3) is 0 Å². The average molecular weight is 859 g/mol. The van der Waals surface area contributed by atoms with Crippen molar-refractivity contribution in [3.8, 4) is 0 Å². The van der Waals surface area contributed by atoms with Crippen LogP contribution in [0.1, 0.15) is 207 Å². The largest absolute Gasteiger partial charge is 0.462 e. The van der Waals surface area contributed by atoms with Gasteiger partial charge in [-0.1, -0.05) is 207 Å². The Morgan fingerprint density at radius 2 is 0.710 bits per heavy atom. The van der Waals surface area contributed by atoms with E-state index in [4.69, 9.17) is 14.2 Å². The van der Waals surface area contributed by atoms with E-state index in [2.05, 4.69) is 75.5 Å². The maximum absolute atomic E-state index is 12.8. The molecular formula is C56H90O6. The highest BCUT2D eigenvalue weighted by atomic mass is 16.6. The number of carbonyl (C=O) groups is 3. The molecule has 0 rings (SSSR count).